The van der Waals surface area contributed by atoms with Crippen molar-refractivity contribution in [2.75, 3.05) is 33.1 Å². The summed E-state index contributed by atoms with van der Waals surface area (Å²) in [6.07, 6.45) is 0.718. The van der Waals surface area contributed by atoms with Crippen molar-refractivity contribution >= 4 is 33.3 Å². The minimum absolute atomic E-state index is 0.166. The van der Waals surface area contributed by atoms with Gasteiger partial charge in [-0.05, 0) is 24.1 Å². The summed E-state index contributed by atoms with van der Waals surface area (Å²) in [4.78, 5) is 24.9. The van der Waals surface area contributed by atoms with Crippen LogP contribution in [-0.2, 0) is 6.54 Å². The number of rotatable bonds is 9. The van der Waals surface area contributed by atoms with Gasteiger partial charge in [0, 0.05) is 19.2 Å². The second kappa shape index (κ2) is 10.7. The van der Waals surface area contributed by atoms with E-state index in [-0.39, 0.29) is 12.5 Å². The molecule has 0 aliphatic rings. The average molecular weight is 493 g/mol. The molecule has 35 heavy (non-hydrogen) atoms. The van der Waals surface area contributed by atoms with Gasteiger partial charge in [0.15, 0.2) is 11.5 Å². The Labute approximate surface area is 208 Å². The highest BCUT2D eigenvalue weighted by atomic mass is 32.1. The van der Waals surface area contributed by atoms with Gasteiger partial charge in [0.05, 0.1) is 37.1 Å². The number of aliphatic hydroxyl groups excluding tert-OH is 1. The van der Waals surface area contributed by atoms with Crippen LogP contribution in [0.25, 0.3) is 10.2 Å². The molecule has 0 spiro atoms. The lowest BCUT2D eigenvalue weighted by Gasteiger charge is -2.21. The molecule has 182 valence electrons. The standard InChI is InChI=1S/C26H28N4O4S/c1-16-21-24(27-13-18-11-8-12-20(33-3)22(18)34-4)28-15-29-25(21)35-23(16)26(32)30(2)14-19(31)17-9-6-5-7-10-17/h5-12,15,19,31H,13-14H2,1-4H3,(H,27,28,29). The van der Waals surface area contributed by atoms with E-state index in [0.717, 1.165) is 26.9 Å². The van der Waals surface area contributed by atoms with Gasteiger partial charge < -0.3 is 24.8 Å². The Kier molecular flexibility index (Phi) is 7.48. The molecule has 9 heteroatoms. The van der Waals surface area contributed by atoms with E-state index in [1.165, 1.54) is 22.6 Å². The molecule has 0 saturated carbocycles. The molecule has 2 aromatic carbocycles. The molecule has 2 aromatic heterocycles. The number of hydrogen-bond donors (Lipinski definition) is 2. The maximum absolute atomic E-state index is 13.3. The van der Waals surface area contributed by atoms with Crippen molar-refractivity contribution in [3.63, 3.8) is 0 Å². The minimum atomic E-state index is -0.769. The van der Waals surface area contributed by atoms with Gasteiger partial charge in [-0.15, -0.1) is 11.3 Å². The summed E-state index contributed by atoms with van der Waals surface area (Å²) in [7, 11) is 4.90. The normalized spacial score (nSPS) is 11.8. The van der Waals surface area contributed by atoms with Crippen molar-refractivity contribution in [1.29, 1.82) is 0 Å². The van der Waals surface area contributed by atoms with Gasteiger partial charge in [0.25, 0.3) is 5.91 Å². The second-order valence-electron chi connectivity index (χ2n) is 8.08. The van der Waals surface area contributed by atoms with Crippen molar-refractivity contribution in [2.24, 2.45) is 0 Å². The number of carbonyl (C=O) groups excluding carboxylic acids is 1. The number of aromatic nitrogens is 2. The number of benzene rings is 2. The molecular formula is C26H28N4O4S. The molecule has 0 aliphatic heterocycles. The Hall–Kier alpha value is -3.69. The number of anilines is 1. The van der Waals surface area contributed by atoms with Gasteiger partial charge >= 0.3 is 0 Å². The molecule has 1 unspecified atom stereocenters. The van der Waals surface area contributed by atoms with Crippen LogP contribution in [0, 0.1) is 6.92 Å². The van der Waals surface area contributed by atoms with E-state index in [9.17, 15) is 9.90 Å². The Bertz CT molecular complexity index is 1330. The van der Waals surface area contributed by atoms with Crippen molar-refractivity contribution < 1.29 is 19.4 Å². The molecule has 0 aliphatic carbocycles. The van der Waals surface area contributed by atoms with Crippen LogP contribution in [0.4, 0.5) is 5.82 Å². The Morgan fingerprint density at radius 1 is 1.11 bits per heavy atom. The maximum Gasteiger partial charge on any atom is 0.264 e. The number of nitrogens with one attached hydrogen (secondary N) is 1. The number of thiophene rings is 1. The van der Waals surface area contributed by atoms with Gasteiger partial charge in [-0.3, -0.25) is 4.79 Å². The number of ether oxygens (including phenoxy) is 2. The quantitative estimate of drug-likeness (QED) is 0.357. The number of aliphatic hydroxyl groups is 1. The van der Waals surface area contributed by atoms with Crippen molar-refractivity contribution in [3.8, 4) is 11.5 Å². The molecule has 0 bridgehead atoms. The third-order valence-corrected chi connectivity index (χ3v) is 7.02. The summed E-state index contributed by atoms with van der Waals surface area (Å²) >= 11 is 1.32. The number of fused-ring (bicyclic) bond motifs is 1. The summed E-state index contributed by atoms with van der Waals surface area (Å²) in [6.45, 7) is 2.53. The fraction of sp³-hybridized carbons (Fsp3) is 0.269. The summed E-state index contributed by atoms with van der Waals surface area (Å²) in [5, 5.41) is 14.7. The molecule has 8 nitrogen and oxygen atoms in total. The van der Waals surface area contributed by atoms with Crippen LogP contribution < -0.4 is 14.8 Å². The van der Waals surface area contributed by atoms with Crippen molar-refractivity contribution in [1.82, 2.24) is 14.9 Å². The van der Waals surface area contributed by atoms with Crippen molar-refractivity contribution in [2.45, 2.75) is 19.6 Å². The lowest BCUT2D eigenvalue weighted by molar-refractivity contribution is 0.0685. The SMILES string of the molecule is COc1cccc(CNc2ncnc3sc(C(=O)N(C)CC(O)c4ccccc4)c(C)c23)c1OC. The van der Waals surface area contributed by atoms with Gasteiger partial charge in [-0.25, -0.2) is 9.97 Å². The zero-order valence-electron chi connectivity index (χ0n) is 20.1. The largest absolute Gasteiger partial charge is 0.493 e. The number of nitrogens with zero attached hydrogens (tertiary/aromatic N) is 3. The fourth-order valence-corrected chi connectivity index (χ4v) is 5.12. The molecule has 2 heterocycles. The molecular weight excluding hydrogens is 464 g/mol. The number of methoxy groups -OCH3 is 2. The van der Waals surface area contributed by atoms with E-state index >= 15 is 0 Å². The van der Waals surface area contributed by atoms with Crippen molar-refractivity contribution in [3.05, 3.63) is 76.4 Å². The number of amides is 1. The van der Waals surface area contributed by atoms with Crippen LogP contribution in [0.1, 0.15) is 32.5 Å². The van der Waals surface area contributed by atoms with Gasteiger partial charge in [0.1, 0.15) is 17.0 Å². The predicted octanol–water partition coefficient (Wildman–Crippen LogP) is 4.43. The third-order valence-electron chi connectivity index (χ3n) is 5.83. The number of aryl methyl sites for hydroxylation is 1. The Balaban J connectivity index is 1.56. The van der Waals surface area contributed by atoms with Gasteiger partial charge in [-0.2, -0.15) is 0 Å². The smallest absolute Gasteiger partial charge is 0.264 e. The van der Waals surface area contributed by atoms with Gasteiger partial charge in [-0.1, -0.05) is 42.5 Å². The molecule has 4 rings (SSSR count). The van der Waals surface area contributed by atoms with Crippen LogP contribution >= 0.6 is 11.3 Å². The highest BCUT2D eigenvalue weighted by Gasteiger charge is 2.23. The summed E-state index contributed by atoms with van der Waals surface area (Å²) < 4.78 is 10.9. The molecule has 0 radical (unpaired) electrons. The molecule has 1 amide bonds. The lowest BCUT2D eigenvalue weighted by Crippen LogP contribution is -2.31. The monoisotopic (exact) mass is 492 g/mol. The number of likely N-dealkylation sites (N-methyl/N-ethyl adjacent to an activating group) is 1. The minimum Gasteiger partial charge on any atom is -0.493 e. The second-order valence-corrected chi connectivity index (χ2v) is 9.08. The summed E-state index contributed by atoms with van der Waals surface area (Å²) in [6, 6.07) is 15.0. The first kappa shape index (κ1) is 24.4. The first-order valence-electron chi connectivity index (χ1n) is 11.1. The number of para-hydroxylation sites is 1. The first-order chi connectivity index (χ1) is 16.9. The van der Waals surface area contributed by atoms with Crippen LogP contribution in [0.15, 0.2) is 54.9 Å². The first-order valence-corrected chi connectivity index (χ1v) is 11.9. The zero-order valence-corrected chi connectivity index (χ0v) is 20.9. The molecule has 1 atom stereocenters. The van der Waals surface area contributed by atoms with Gasteiger partial charge in [0.2, 0.25) is 0 Å². The number of carbonyl (C=O) groups is 1. The van der Waals surface area contributed by atoms with E-state index in [2.05, 4.69) is 15.3 Å². The van der Waals surface area contributed by atoms with E-state index in [1.54, 1.807) is 21.3 Å². The third kappa shape index (κ3) is 5.06. The molecule has 2 N–H and O–H groups in total. The lowest BCUT2D eigenvalue weighted by atomic mass is 10.1. The van der Waals surface area contributed by atoms with E-state index < -0.39 is 6.10 Å². The topological polar surface area (TPSA) is 96.8 Å². The number of hydrogen-bond acceptors (Lipinski definition) is 8. The Morgan fingerprint density at radius 2 is 1.89 bits per heavy atom. The van der Waals surface area contributed by atoms with Crippen LogP contribution in [0.3, 0.4) is 0 Å². The average Bonchev–Trinajstić information content (AvgIpc) is 3.23. The van der Waals surface area contributed by atoms with E-state index in [1.807, 2.05) is 55.5 Å². The highest BCUT2D eigenvalue weighted by Crippen LogP contribution is 2.35. The summed E-state index contributed by atoms with van der Waals surface area (Å²) in [5.41, 5.74) is 2.49. The molecule has 4 aromatic rings. The predicted molar refractivity (Wildman–Crippen MR) is 137 cm³/mol. The highest BCUT2D eigenvalue weighted by molar-refractivity contribution is 7.20. The molecule has 0 fully saturated rings. The van der Waals surface area contributed by atoms with Crippen LogP contribution in [-0.4, -0.2) is 53.7 Å². The van der Waals surface area contributed by atoms with E-state index in [4.69, 9.17) is 9.47 Å². The van der Waals surface area contributed by atoms with Crippen LogP contribution in [0.2, 0.25) is 0 Å². The summed E-state index contributed by atoms with van der Waals surface area (Å²) in [5.74, 6) is 1.78. The fourth-order valence-electron chi connectivity index (χ4n) is 3.98. The molecule has 0 saturated heterocycles. The maximum atomic E-state index is 13.3. The zero-order chi connectivity index (χ0) is 24.9. The van der Waals surface area contributed by atoms with Crippen LogP contribution in [0.5, 0.6) is 11.5 Å². The Morgan fingerprint density at radius 3 is 2.60 bits per heavy atom. The van der Waals surface area contributed by atoms with E-state index in [0.29, 0.717) is 28.7 Å².